The van der Waals surface area contributed by atoms with Crippen molar-refractivity contribution in [2.24, 2.45) is 0 Å². The number of aliphatic hydroxyl groups excluding tert-OH is 1. The molecule has 88 valence electrons. The number of hydrogen-bond acceptors (Lipinski definition) is 4. The molecule has 0 saturated heterocycles. The summed E-state index contributed by atoms with van der Waals surface area (Å²) >= 11 is 5.79. The number of likely N-dealkylation sites (N-methyl/N-ethyl adjacent to an activating group) is 1. The number of hydrogen-bond donors (Lipinski definition) is 1. The summed E-state index contributed by atoms with van der Waals surface area (Å²) in [6.45, 7) is 1.69. The van der Waals surface area contributed by atoms with Crippen LogP contribution in [0, 0.1) is 10.1 Å². The maximum atomic E-state index is 10.9. The Morgan fingerprint density at radius 1 is 1.62 bits per heavy atom. The van der Waals surface area contributed by atoms with Gasteiger partial charge in [-0.2, -0.15) is 0 Å². The van der Waals surface area contributed by atoms with Crippen LogP contribution in [0.25, 0.3) is 0 Å². The fraction of sp³-hybridized carbons (Fsp3) is 0.400. The third kappa shape index (κ3) is 2.43. The van der Waals surface area contributed by atoms with Gasteiger partial charge in [0, 0.05) is 13.1 Å². The van der Waals surface area contributed by atoms with Crippen molar-refractivity contribution < 1.29 is 10.0 Å². The Bertz CT molecular complexity index is 398. The lowest BCUT2D eigenvalue weighted by molar-refractivity contribution is -0.384. The van der Waals surface area contributed by atoms with Crippen LogP contribution in [-0.4, -0.2) is 29.7 Å². The summed E-state index contributed by atoms with van der Waals surface area (Å²) in [4.78, 5) is 12.0. The number of nitro groups is 1. The van der Waals surface area contributed by atoms with Gasteiger partial charge in [0.2, 0.25) is 0 Å². The molecule has 0 heterocycles. The fourth-order valence-corrected chi connectivity index (χ4v) is 1.57. The summed E-state index contributed by atoms with van der Waals surface area (Å²) in [6.07, 6.45) is 0. The summed E-state index contributed by atoms with van der Waals surface area (Å²) in [7, 11) is 1.68. The maximum Gasteiger partial charge on any atom is 0.310 e. The molecule has 6 heteroatoms. The molecule has 16 heavy (non-hydrogen) atoms. The van der Waals surface area contributed by atoms with Crippen LogP contribution >= 0.6 is 11.6 Å². The Kier molecular flexibility index (Phi) is 4.09. The molecule has 0 amide bonds. The highest BCUT2D eigenvalue weighted by atomic mass is 35.5. The van der Waals surface area contributed by atoms with Gasteiger partial charge in [0.25, 0.3) is 0 Å². The van der Waals surface area contributed by atoms with Gasteiger partial charge in [-0.05, 0) is 19.1 Å². The molecule has 0 aliphatic rings. The van der Waals surface area contributed by atoms with E-state index in [1.807, 2.05) is 0 Å². The number of halogens is 1. The molecule has 1 unspecified atom stereocenters. The average molecular weight is 245 g/mol. The van der Waals surface area contributed by atoms with Crippen LogP contribution in [0.3, 0.4) is 0 Å². The molecular weight excluding hydrogens is 232 g/mol. The van der Waals surface area contributed by atoms with Crippen molar-refractivity contribution in [1.82, 2.24) is 0 Å². The molecule has 0 spiro atoms. The molecule has 1 atom stereocenters. The number of anilines is 1. The number of rotatable bonds is 4. The molecule has 1 aromatic carbocycles. The van der Waals surface area contributed by atoms with E-state index in [2.05, 4.69) is 0 Å². The monoisotopic (exact) mass is 244 g/mol. The van der Waals surface area contributed by atoms with Crippen molar-refractivity contribution in [3.63, 3.8) is 0 Å². The molecule has 0 radical (unpaired) electrons. The molecule has 0 aliphatic heterocycles. The second-order valence-corrected chi connectivity index (χ2v) is 3.91. The van der Waals surface area contributed by atoms with Crippen LogP contribution in [0.1, 0.15) is 6.92 Å². The number of nitro benzene ring substituents is 1. The number of aliphatic hydroxyl groups is 1. The van der Waals surface area contributed by atoms with Crippen LogP contribution in [0.4, 0.5) is 11.4 Å². The van der Waals surface area contributed by atoms with Crippen LogP contribution in [-0.2, 0) is 0 Å². The Labute approximate surface area is 98.4 Å². The zero-order valence-corrected chi connectivity index (χ0v) is 9.81. The first-order valence-corrected chi connectivity index (χ1v) is 5.13. The van der Waals surface area contributed by atoms with Crippen LogP contribution in [0.15, 0.2) is 18.2 Å². The molecular formula is C10H13ClN2O3. The van der Waals surface area contributed by atoms with E-state index in [1.165, 1.54) is 6.07 Å². The van der Waals surface area contributed by atoms with Crippen LogP contribution in [0.2, 0.25) is 5.02 Å². The van der Waals surface area contributed by atoms with Gasteiger partial charge in [0.05, 0.1) is 11.5 Å². The third-order valence-corrected chi connectivity index (χ3v) is 2.76. The predicted octanol–water partition coefficient (Wildman–Crippen LogP) is 2.07. The van der Waals surface area contributed by atoms with Crippen molar-refractivity contribution in [2.75, 3.05) is 18.6 Å². The Morgan fingerprint density at radius 2 is 2.25 bits per heavy atom. The first kappa shape index (κ1) is 12.7. The van der Waals surface area contributed by atoms with Crippen LogP contribution < -0.4 is 4.90 Å². The zero-order chi connectivity index (χ0) is 12.3. The number of benzene rings is 1. The molecule has 0 aliphatic carbocycles. The van der Waals surface area contributed by atoms with E-state index in [0.29, 0.717) is 5.69 Å². The van der Waals surface area contributed by atoms with Crippen molar-refractivity contribution in [3.05, 3.63) is 33.3 Å². The minimum absolute atomic E-state index is 0.0832. The van der Waals surface area contributed by atoms with Gasteiger partial charge in [-0.15, -0.1) is 0 Å². The van der Waals surface area contributed by atoms with Gasteiger partial charge in [-0.3, -0.25) is 10.1 Å². The van der Waals surface area contributed by atoms with E-state index < -0.39 is 4.92 Å². The number of nitrogens with zero attached hydrogens (tertiary/aromatic N) is 2. The first-order valence-electron chi connectivity index (χ1n) is 4.75. The summed E-state index contributed by atoms with van der Waals surface area (Å²) < 4.78 is 0. The van der Waals surface area contributed by atoms with E-state index in [1.54, 1.807) is 31.0 Å². The van der Waals surface area contributed by atoms with Crippen molar-refractivity contribution in [1.29, 1.82) is 0 Å². The molecule has 1 N–H and O–H groups in total. The summed E-state index contributed by atoms with van der Waals surface area (Å²) in [5, 5.41) is 20.0. The van der Waals surface area contributed by atoms with E-state index in [0.717, 1.165) is 0 Å². The van der Waals surface area contributed by atoms with E-state index in [4.69, 9.17) is 16.7 Å². The topological polar surface area (TPSA) is 66.6 Å². The van der Waals surface area contributed by atoms with Crippen molar-refractivity contribution in [2.45, 2.75) is 13.0 Å². The van der Waals surface area contributed by atoms with Gasteiger partial charge < -0.3 is 10.0 Å². The lowest BCUT2D eigenvalue weighted by Crippen LogP contribution is -2.32. The third-order valence-electron chi connectivity index (χ3n) is 2.45. The fourth-order valence-electron chi connectivity index (χ4n) is 1.33. The average Bonchev–Trinajstić information content (AvgIpc) is 2.26. The van der Waals surface area contributed by atoms with Crippen LogP contribution in [0.5, 0.6) is 0 Å². The molecule has 0 saturated carbocycles. The Hall–Kier alpha value is -1.33. The molecule has 0 aromatic heterocycles. The van der Waals surface area contributed by atoms with Gasteiger partial charge in [0.15, 0.2) is 0 Å². The zero-order valence-electron chi connectivity index (χ0n) is 9.05. The second kappa shape index (κ2) is 5.14. The highest BCUT2D eigenvalue weighted by molar-refractivity contribution is 6.33. The van der Waals surface area contributed by atoms with Gasteiger partial charge in [-0.1, -0.05) is 17.7 Å². The minimum atomic E-state index is -0.516. The quantitative estimate of drug-likeness (QED) is 0.650. The molecule has 0 bridgehead atoms. The van der Waals surface area contributed by atoms with Crippen molar-refractivity contribution in [3.8, 4) is 0 Å². The summed E-state index contributed by atoms with van der Waals surface area (Å²) in [6, 6.07) is 4.51. The SMILES string of the molecule is CC(CO)N(C)c1cccc(Cl)c1[N+](=O)[O-]. The Balaban J connectivity index is 3.22. The molecule has 1 aromatic rings. The Morgan fingerprint density at radius 3 is 2.75 bits per heavy atom. The van der Waals surface area contributed by atoms with Crippen molar-refractivity contribution >= 4 is 23.0 Å². The molecule has 0 fully saturated rings. The van der Waals surface area contributed by atoms with E-state index >= 15 is 0 Å². The highest BCUT2D eigenvalue weighted by Gasteiger charge is 2.23. The van der Waals surface area contributed by atoms with Gasteiger partial charge in [0.1, 0.15) is 10.7 Å². The molecule has 5 nitrogen and oxygen atoms in total. The minimum Gasteiger partial charge on any atom is -0.394 e. The van der Waals surface area contributed by atoms with Gasteiger partial charge in [-0.25, -0.2) is 0 Å². The maximum absolute atomic E-state index is 10.9. The van der Waals surface area contributed by atoms with E-state index in [-0.39, 0.29) is 23.4 Å². The predicted molar refractivity (Wildman–Crippen MR) is 63.1 cm³/mol. The van der Waals surface area contributed by atoms with Gasteiger partial charge >= 0.3 is 5.69 Å². The highest BCUT2D eigenvalue weighted by Crippen LogP contribution is 2.34. The first-order chi connectivity index (χ1) is 7.49. The normalized spacial score (nSPS) is 12.2. The lowest BCUT2D eigenvalue weighted by atomic mass is 10.2. The lowest BCUT2D eigenvalue weighted by Gasteiger charge is -2.25. The summed E-state index contributed by atoms with van der Waals surface area (Å²) in [5.41, 5.74) is 0.269. The smallest absolute Gasteiger partial charge is 0.310 e. The molecule has 1 rings (SSSR count). The number of para-hydroxylation sites is 1. The second-order valence-electron chi connectivity index (χ2n) is 3.51. The largest absolute Gasteiger partial charge is 0.394 e. The standard InChI is InChI=1S/C10H13ClN2O3/c1-7(6-14)12(2)9-5-3-4-8(11)10(9)13(15)16/h3-5,7,14H,6H2,1-2H3. The summed E-state index contributed by atoms with van der Waals surface area (Å²) in [5.74, 6) is 0. The van der Waals surface area contributed by atoms with E-state index in [9.17, 15) is 10.1 Å².